The SMILES string of the molecule is COC(=O)C(C)n1cnnn1. The summed E-state index contributed by atoms with van der Waals surface area (Å²) in [5.41, 5.74) is 0. The van der Waals surface area contributed by atoms with Crippen LogP contribution in [0.5, 0.6) is 0 Å². The number of tetrazole rings is 1. The molecule has 6 nitrogen and oxygen atoms in total. The molecule has 60 valence electrons. The van der Waals surface area contributed by atoms with Gasteiger partial charge in [-0.05, 0) is 17.4 Å². The first-order chi connectivity index (χ1) is 5.25. The highest BCUT2D eigenvalue weighted by molar-refractivity contribution is 5.73. The molecule has 0 N–H and O–H groups in total. The van der Waals surface area contributed by atoms with Crippen LogP contribution in [0, 0.1) is 0 Å². The van der Waals surface area contributed by atoms with Crippen molar-refractivity contribution in [2.75, 3.05) is 7.11 Å². The molecule has 6 heteroatoms. The van der Waals surface area contributed by atoms with Gasteiger partial charge < -0.3 is 4.74 Å². The van der Waals surface area contributed by atoms with E-state index in [1.165, 1.54) is 18.1 Å². The van der Waals surface area contributed by atoms with Crippen LogP contribution in [0.15, 0.2) is 6.33 Å². The Hall–Kier alpha value is -1.46. The van der Waals surface area contributed by atoms with E-state index in [9.17, 15) is 4.79 Å². The van der Waals surface area contributed by atoms with Crippen LogP contribution in [0.3, 0.4) is 0 Å². The lowest BCUT2D eigenvalue weighted by atomic mass is 10.4. The van der Waals surface area contributed by atoms with Crippen LogP contribution in [0.25, 0.3) is 0 Å². The lowest BCUT2D eigenvalue weighted by molar-refractivity contribution is -0.144. The van der Waals surface area contributed by atoms with Crippen molar-refractivity contribution in [1.82, 2.24) is 20.2 Å². The Kier molecular flexibility index (Phi) is 2.15. The fraction of sp³-hybridized carbons (Fsp3) is 0.600. The molecule has 0 fully saturated rings. The largest absolute Gasteiger partial charge is 0.467 e. The smallest absolute Gasteiger partial charge is 0.330 e. The van der Waals surface area contributed by atoms with Gasteiger partial charge in [-0.25, -0.2) is 9.48 Å². The van der Waals surface area contributed by atoms with Gasteiger partial charge in [-0.15, -0.1) is 5.10 Å². The van der Waals surface area contributed by atoms with E-state index in [-0.39, 0.29) is 5.97 Å². The number of hydrogen-bond donors (Lipinski definition) is 0. The summed E-state index contributed by atoms with van der Waals surface area (Å²) >= 11 is 0. The number of aromatic nitrogens is 4. The molecule has 0 spiro atoms. The van der Waals surface area contributed by atoms with Crippen LogP contribution in [-0.4, -0.2) is 33.3 Å². The lowest BCUT2D eigenvalue weighted by Crippen LogP contribution is -2.18. The Morgan fingerprint density at radius 2 is 2.45 bits per heavy atom. The summed E-state index contributed by atoms with van der Waals surface area (Å²) in [4.78, 5) is 10.9. The van der Waals surface area contributed by atoms with Crippen LogP contribution in [-0.2, 0) is 9.53 Å². The quantitative estimate of drug-likeness (QED) is 0.535. The van der Waals surface area contributed by atoms with Crippen molar-refractivity contribution in [2.24, 2.45) is 0 Å². The summed E-state index contributed by atoms with van der Waals surface area (Å²) in [7, 11) is 1.32. The third kappa shape index (κ3) is 1.51. The minimum Gasteiger partial charge on any atom is -0.467 e. The highest BCUT2D eigenvalue weighted by Gasteiger charge is 2.15. The molecule has 1 heterocycles. The maximum absolute atomic E-state index is 10.9. The maximum atomic E-state index is 10.9. The summed E-state index contributed by atoms with van der Waals surface area (Å²) in [6.45, 7) is 1.65. The molecular weight excluding hydrogens is 148 g/mol. The fourth-order valence-electron chi connectivity index (χ4n) is 0.624. The number of hydrogen-bond acceptors (Lipinski definition) is 5. The first kappa shape index (κ1) is 7.64. The van der Waals surface area contributed by atoms with Crippen molar-refractivity contribution in [1.29, 1.82) is 0 Å². The third-order valence-electron chi connectivity index (χ3n) is 1.30. The average molecular weight is 156 g/mol. The standard InChI is InChI=1S/C5H8N4O2/c1-4(5(10)11-2)9-3-6-7-8-9/h3-4H,1-2H3. The zero-order valence-corrected chi connectivity index (χ0v) is 6.26. The van der Waals surface area contributed by atoms with Crippen LogP contribution in [0.1, 0.15) is 13.0 Å². The number of ether oxygens (including phenoxy) is 1. The second-order valence-electron chi connectivity index (χ2n) is 1.99. The summed E-state index contributed by atoms with van der Waals surface area (Å²) < 4.78 is 5.81. The van der Waals surface area contributed by atoms with E-state index in [0.29, 0.717) is 0 Å². The maximum Gasteiger partial charge on any atom is 0.330 e. The Morgan fingerprint density at radius 3 is 2.91 bits per heavy atom. The molecule has 11 heavy (non-hydrogen) atoms. The Labute approximate surface area is 63.1 Å². The minimum atomic E-state index is -0.463. The molecule has 0 aliphatic heterocycles. The van der Waals surface area contributed by atoms with Gasteiger partial charge in [0.1, 0.15) is 12.4 Å². The van der Waals surface area contributed by atoms with Crippen molar-refractivity contribution in [3.63, 3.8) is 0 Å². The van der Waals surface area contributed by atoms with Gasteiger partial charge in [-0.3, -0.25) is 0 Å². The minimum absolute atomic E-state index is 0.364. The van der Waals surface area contributed by atoms with Gasteiger partial charge in [-0.1, -0.05) is 0 Å². The number of carbonyl (C=O) groups is 1. The Bertz CT molecular complexity index is 233. The summed E-state index contributed by atoms with van der Waals surface area (Å²) in [6, 6.07) is -0.463. The zero-order chi connectivity index (χ0) is 8.27. The Morgan fingerprint density at radius 1 is 1.73 bits per heavy atom. The highest BCUT2D eigenvalue weighted by Crippen LogP contribution is 2.01. The molecule has 0 aliphatic carbocycles. The molecule has 1 atom stereocenters. The van der Waals surface area contributed by atoms with Gasteiger partial charge >= 0.3 is 5.97 Å². The van der Waals surface area contributed by atoms with Crippen molar-refractivity contribution in [3.8, 4) is 0 Å². The van der Waals surface area contributed by atoms with Crippen LogP contribution < -0.4 is 0 Å². The van der Waals surface area contributed by atoms with E-state index < -0.39 is 6.04 Å². The second kappa shape index (κ2) is 3.09. The third-order valence-corrected chi connectivity index (χ3v) is 1.30. The summed E-state index contributed by atoms with van der Waals surface area (Å²) in [5.74, 6) is -0.364. The van der Waals surface area contributed by atoms with Crippen molar-refractivity contribution >= 4 is 5.97 Å². The van der Waals surface area contributed by atoms with E-state index in [1.807, 2.05) is 0 Å². The predicted octanol–water partition coefficient (Wildman–Crippen LogP) is -0.593. The fourth-order valence-corrected chi connectivity index (χ4v) is 0.624. The molecule has 1 unspecified atom stereocenters. The van der Waals surface area contributed by atoms with Gasteiger partial charge in [0.15, 0.2) is 0 Å². The first-order valence-corrected chi connectivity index (χ1v) is 3.06. The van der Waals surface area contributed by atoms with E-state index in [0.717, 1.165) is 0 Å². The first-order valence-electron chi connectivity index (χ1n) is 3.06. The van der Waals surface area contributed by atoms with Crippen LogP contribution in [0.4, 0.5) is 0 Å². The number of nitrogens with zero attached hydrogens (tertiary/aromatic N) is 4. The molecular formula is C5H8N4O2. The molecule has 0 aliphatic rings. The van der Waals surface area contributed by atoms with Crippen molar-refractivity contribution in [2.45, 2.75) is 13.0 Å². The molecule has 0 amide bonds. The highest BCUT2D eigenvalue weighted by atomic mass is 16.5. The molecule has 0 radical (unpaired) electrons. The van der Waals surface area contributed by atoms with Crippen molar-refractivity contribution in [3.05, 3.63) is 6.33 Å². The molecule has 1 aromatic rings. The molecule has 0 aromatic carbocycles. The normalized spacial score (nSPS) is 12.5. The van der Waals surface area contributed by atoms with E-state index >= 15 is 0 Å². The average Bonchev–Trinajstić information content (AvgIpc) is 2.53. The van der Waals surface area contributed by atoms with Gasteiger partial charge in [-0.2, -0.15) is 0 Å². The van der Waals surface area contributed by atoms with Crippen LogP contribution >= 0.6 is 0 Å². The number of esters is 1. The zero-order valence-electron chi connectivity index (χ0n) is 6.26. The topological polar surface area (TPSA) is 69.9 Å². The summed E-state index contributed by atoms with van der Waals surface area (Å²) in [5, 5.41) is 10.3. The van der Waals surface area contributed by atoms with Gasteiger partial charge in [0.25, 0.3) is 0 Å². The molecule has 1 aromatic heterocycles. The van der Waals surface area contributed by atoms with Crippen molar-refractivity contribution < 1.29 is 9.53 Å². The van der Waals surface area contributed by atoms with Gasteiger partial charge in [0, 0.05) is 0 Å². The Balaban J connectivity index is 2.70. The molecule has 1 rings (SSSR count). The lowest BCUT2D eigenvalue weighted by Gasteiger charge is -2.06. The predicted molar refractivity (Wildman–Crippen MR) is 34.5 cm³/mol. The van der Waals surface area contributed by atoms with E-state index in [2.05, 4.69) is 20.3 Å². The van der Waals surface area contributed by atoms with Gasteiger partial charge in [0.05, 0.1) is 7.11 Å². The van der Waals surface area contributed by atoms with Gasteiger partial charge in [0.2, 0.25) is 0 Å². The second-order valence-corrected chi connectivity index (χ2v) is 1.99. The molecule has 0 saturated heterocycles. The number of rotatable bonds is 2. The van der Waals surface area contributed by atoms with E-state index in [4.69, 9.17) is 0 Å². The molecule has 0 bridgehead atoms. The number of carbonyl (C=O) groups excluding carboxylic acids is 1. The monoisotopic (exact) mass is 156 g/mol. The van der Waals surface area contributed by atoms with E-state index in [1.54, 1.807) is 6.92 Å². The molecule has 0 saturated carbocycles. The number of methoxy groups -OCH3 is 1. The van der Waals surface area contributed by atoms with Crippen LogP contribution in [0.2, 0.25) is 0 Å². The summed E-state index contributed by atoms with van der Waals surface area (Å²) in [6.07, 6.45) is 1.36.